The summed E-state index contributed by atoms with van der Waals surface area (Å²) in [5.41, 5.74) is 3.79. The number of rotatable bonds is 5. The minimum Gasteiger partial charge on any atom is -0.772 e. The number of para-hydroxylation sites is 1. The van der Waals surface area contributed by atoms with Gasteiger partial charge in [0.05, 0.1) is 5.02 Å². The summed E-state index contributed by atoms with van der Waals surface area (Å²) in [5, 5.41) is 1.66. The van der Waals surface area contributed by atoms with Crippen LogP contribution in [0.1, 0.15) is 28.2 Å². The third-order valence-corrected chi connectivity index (χ3v) is 6.02. The number of halogens is 2. The van der Waals surface area contributed by atoms with Crippen molar-refractivity contribution >= 4 is 51.6 Å². The van der Waals surface area contributed by atoms with Gasteiger partial charge >= 0.3 is 0 Å². The third kappa shape index (κ3) is 4.09. The van der Waals surface area contributed by atoms with Gasteiger partial charge in [-0.2, -0.15) is 0 Å². The van der Waals surface area contributed by atoms with E-state index in [0.29, 0.717) is 22.6 Å². The van der Waals surface area contributed by atoms with Crippen LogP contribution in [0.15, 0.2) is 66.7 Å². The molecular formula is C23H15ClFO3S2-. The number of ether oxygens (including phenoxy) is 1. The standard InChI is InChI=1S/C23H16ClFO3S2/c24-19-11-16(9-10-20(19)25)22-18(12-29)17-3-1-2-4-21(17)28-23(22)15-7-5-14(6-8-15)13-30(26)27/h1-12,18H,13H2,(H,26,27)/p-1. The maximum absolute atomic E-state index is 13.8. The van der Waals surface area contributed by atoms with Gasteiger partial charge in [0, 0.05) is 28.4 Å². The Labute approximate surface area is 186 Å². The van der Waals surface area contributed by atoms with E-state index in [-0.39, 0.29) is 16.7 Å². The number of fused-ring (bicyclic) bond motifs is 1. The summed E-state index contributed by atoms with van der Waals surface area (Å²) >= 11 is 9.25. The normalized spacial score (nSPS) is 16.6. The first-order chi connectivity index (χ1) is 14.5. The van der Waals surface area contributed by atoms with Crippen LogP contribution in [0, 0.1) is 5.82 Å². The van der Waals surface area contributed by atoms with Gasteiger partial charge in [-0.05, 0) is 34.7 Å². The molecule has 0 aliphatic carbocycles. The molecule has 0 saturated carbocycles. The van der Waals surface area contributed by atoms with E-state index < -0.39 is 16.9 Å². The summed E-state index contributed by atoms with van der Waals surface area (Å²) in [6.07, 6.45) is 0. The van der Waals surface area contributed by atoms with Crippen LogP contribution < -0.4 is 4.74 Å². The van der Waals surface area contributed by atoms with Gasteiger partial charge in [-0.15, -0.1) is 0 Å². The molecule has 0 radical (unpaired) electrons. The van der Waals surface area contributed by atoms with Gasteiger partial charge < -0.3 is 9.29 Å². The van der Waals surface area contributed by atoms with Crippen LogP contribution in [0.4, 0.5) is 4.39 Å². The zero-order chi connectivity index (χ0) is 21.3. The number of hydrogen-bond donors (Lipinski definition) is 0. The summed E-state index contributed by atoms with van der Waals surface area (Å²) < 4.78 is 42.0. The van der Waals surface area contributed by atoms with E-state index >= 15 is 0 Å². The van der Waals surface area contributed by atoms with Gasteiger partial charge in [-0.3, -0.25) is 4.21 Å². The fourth-order valence-electron chi connectivity index (χ4n) is 3.51. The predicted octanol–water partition coefficient (Wildman–Crippen LogP) is 5.90. The van der Waals surface area contributed by atoms with Crippen molar-refractivity contribution in [3.63, 3.8) is 0 Å². The molecule has 3 aromatic carbocycles. The van der Waals surface area contributed by atoms with Crippen molar-refractivity contribution in [2.24, 2.45) is 0 Å². The Morgan fingerprint density at radius 3 is 2.47 bits per heavy atom. The van der Waals surface area contributed by atoms with Crippen molar-refractivity contribution in [2.75, 3.05) is 0 Å². The summed E-state index contributed by atoms with van der Waals surface area (Å²) in [4.78, 5) is 0. The number of allylic oxidation sites excluding steroid dienone is 1. The van der Waals surface area contributed by atoms with Crippen molar-refractivity contribution in [3.05, 3.63) is 99.8 Å². The van der Waals surface area contributed by atoms with Crippen LogP contribution in [0.3, 0.4) is 0 Å². The highest BCUT2D eigenvalue weighted by Gasteiger charge is 2.30. The molecule has 0 saturated heterocycles. The van der Waals surface area contributed by atoms with Crippen LogP contribution in [0.5, 0.6) is 5.75 Å². The monoisotopic (exact) mass is 457 g/mol. The Balaban J connectivity index is 1.91. The molecule has 0 bridgehead atoms. The maximum Gasteiger partial charge on any atom is 0.141 e. The summed E-state index contributed by atoms with van der Waals surface area (Å²) in [5.74, 6) is 0.410. The van der Waals surface area contributed by atoms with Gasteiger partial charge in [0.15, 0.2) is 0 Å². The average molecular weight is 458 g/mol. The lowest BCUT2D eigenvalue weighted by molar-refractivity contribution is 0.500. The quantitative estimate of drug-likeness (QED) is 0.353. The lowest BCUT2D eigenvalue weighted by atomic mass is 9.83. The van der Waals surface area contributed by atoms with Crippen LogP contribution >= 0.6 is 23.8 Å². The second-order valence-corrected chi connectivity index (χ2v) is 8.35. The molecule has 2 unspecified atom stereocenters. The van der Waals surface area contributed by atoms with E-state index in [1.165, 1.54) is 6.07 Å². The summed E-state index contributed by atoms with van der Waals surface area (Å²) in [6.45, 7) is 0. The molecule has 0 N–H and O–H groups in total. The number of benzene rings is 3. The molecule has 2 atom stereocenters. The molecule has 4 rings (SSSR count). The van der Waals surface area contributed by atoms with Gasteiger partial charge in [0.2, 0.25) is 0 Å². The Morgan fingerprint density at radius 1 is 1.10 bits per heavy atom. The highest BCUT2D eigenvalue weighted by atomic mass is 35.5. The second-order valence-electron chi connectivity index (χ2n) is 6.77. The van der Waals surface area contributed by atoms with Crippen LogP contribution in [-0.2, 0) is 16.8 Å². The molecule has 0 spiro atoms. The van der Waals surface area contributed by atoms with E-state index in [1.54, 1.807) is 41.8 Å². The Hall–Kier alpha value is -2.38. The smallest absolute Gasteiger partial charge is 0.141 e. The topological polar surface area (TPSA) is 49.4 Å². The van der Waals surface area contributed by atoms with Crippen molar-refractivity contribution in [3.8, 4) is 5.75 Å². The molecule has 1 aliphatic heterocycles. The molecule has 0 amide bonds. The third-order valence-electron chi connectivity index (χ3n) is 4.89. The fraction of sp³-hybridized carbons (Fsp3) is 0.0870. The molecule has 0 fully saturated rings. The summed E-state index contributed by atoms with van der Waals surface area (Å²) in [6, 6.07) is 19.2. The molecule has 7 heteroatoms. The molecule has 152 valence electrons. The molecular weight excluding hydrogens is 443 g/mol. The molecule has 3 nitrogen and oxygen atoms in total. The van der Waals surface area contributed by atoms with E-state index in [4.69, 9.17) is 28.6 Å². The number of hydrogen-bond acceptors (Lipinski definition) is 4. The van der Waals surface area contributed by atoms with E-state index in [9.17, 15) is 13.2 Å². The maximum atomic E-state index is 13.8. The minimum atomic E-state index is -2.17. The van der Waals surface area contributed by atoms with Gasteiger partial charge in [-0.25, -0.2) is 4.39 Å². The van der Waals surface area contributed by atoms with Crippen LogP contribution in [0.25, 0.3) is 11.3 Å². The Bertz CT molecular complexity index is 1180. The molecule has 3 aromatic rings. The van der Waals surface area contributed by atoms with Crippen molar-refractivity contribution < 1.29 is 17.9 Å². The second kappa shape index (κ2) is 8.78. The zero-order valence-corrected chi connectivity index (χ0v) is 17.9. The fourth-order valence-corrected chi connectivity index (χ4v) is 4.44. The predicted molar refractivity (Wildman–Crippen MR) is 121 cm³/mol. The van der Waals surface area contributed by atoms with Crippen molar-refractivity contribution in [1.82, 2.24) is 0 Å². The largest absolute Gasteiger partial charge is 0.772 e. The number of thiocarbonyl (C=S) groups is 1. The van der Waals surface area contributed by atoms with E-state index in [1.807, 2.05) is 24.3 Å². The minimum absolute atomic E-state index is 0.00889. The van der Waals surface area contributed by atoms with E-state index in [0.717, 1.165) is 16.7 Å². The first kappa shape index (κ1) is 20.9. The molecule has 0 aromatic heterocycles. The van der Waals surface area contributed by atoms with Crippen molar-refractivity contribution in [1.29, 1.82) is 0 Å². The lowest BCUT2D eigenvalue weighted by Gasteiger charge is -2.29. The summed E-state index contributed by atoms with van der Waals surface area (Å²) in [7, 11) is 0. The first-order valence-corrected chi connectivity index (χ1v) is 11.1. The highest BCUT2D eigenvalue weighted by molar-refractivity contribution is 7.79. The zero-order valence-electron chi connectivity index (χ0n) is 15.5. The Morgan fingerprint density at radius 2 is 1.80 bits per heavy atom. The lowest BCUT2D eigenvalue weighted by Crippen LogP contribution is -2.15. The SMILES string of the molecule is O=S([O-])Cc1ccc(C2=C(c3ccc(F)c(Cl)c3)C(C=S)c3ccccc3O2)cc1. The van der Waals surface area contributed by atoms with Gasteiger partial charge in [-0.1, -0.05) is 83.4 Å². The van der Waals surface area contributed by atoms with Gasteiger partial charge in [0.25, 0.3) is 0 Å². The average Bonchev–Trinajstić information content (AvgIpc) is 2.74. The van der Waals surface area contributed by atoms with Crippen LogP contribution in [0.2, 0.25) is 5.02 Å². The van der Waals surface area contributed by atoms with Crippen molar-refractivity contribution in [2.45, 2.75) is 11.7 Å². The van der Waals surface area contributed by atoms with Gasteiger partial charge in [0.1, 0.15) is 17.3 Å². The highest BCUT2D eigenvalue weighted by Crippen LogP contribution is 2.46. The molecule has 1 aliphatic rings. The Kier molecular flexibility index (Phi) is 6.11. The first-order valence-electron chi connectivity index (χ1n) is 9.04. The van der Waals surface area contributed by atoms with E-state index in [2.05, 4.69) is 0 Å². The molecule has 1 heterocycles. The van der Waals surface area contributed by atoms with Crippen LogP contribution in [-0.4, -0.2) is 14.1 Å². The molecule has 30 heavy (non-hydrogen) atoms.